The average Bonchev–Trinajstić information content (AvgIpc) is 3.13. The lowest BCUT2D eigenvalue weighted by atomic mass is 10.1. The predicted molar refractivity (Wildman–Crippen MR) is 117 cm³/mol. The quantitative estimate of drug-likeness (QED) is 0.529. The molecule has 0 atom stereocenters. The fraction of sp³-hybridized carbons (Fsp3) is 0.409. The molecule has 0 spiro atoms. The number of nitrogens with zero attached hydrogens (tertiary/aromatic N) is 3. The predicted octanol–water partition coefficient (Wildman–Crippen LogP) is 2.41. The maximum absolute atomic E-state index is 13.8. The van der Waals surface area contributed by atoms with Gasteiger partial charge in [0.2, 0.25) is 0 Å². The minimum Gasteiger partial charge on any atom is -0.370 e. The molecule has 0 aliphatic carbocycles. The first-order chi connectivity index (χ1) is 15.7. The number of fused-ring (bicyclic) bond motifs is 1. The van der Waals surface area contributed by atoms with Gasteiger partial charge in [-0.15, -0.1) is 0 Å². The summed E-state index contributed by atoms with van der Waals surface area (Å²) in [6.07, 6.45) is -4.00. The van der Waals surface area contributed by atoms with Crippen LogP contribution in [0.4, 0.5) is 13.2 Å². The molecule has 2 N–H and O–H groups in total. The van der Waals surface area contributed by atoms with E-state index in [9.17, 15) is 18.0 Å². The van der Waals surface area contributed by atoms with Gasteiger partial charge >= 0.3 is 6.18 Å². The number of aryl methyl sites for hydroxylation is 1. The van der Waals surface area contributed by atoms with Gasteiger partial charge < -0.3 is 15.0 Å². The Kier molecular flexibility index (Phi) is 6.87. The Morgan fingerprint density at radius 1 is 1.24 bits per heavy atom. The normalized spacial score (nSPS) is 15.2. The first-order valence-electron chi connectivity index (χ1n) is 10.7. The average molecular weight is 483 g/mol. The van der Waals surface area contributed by atoms with Gasteiger partial charge in [0.1, 0.15) is 18.1 Å². The zero-order valence-corrected chi connectivity index (χ0v) is 18.8. The highest BCUT2D eigenvalue weighted by Crippen LogP contribution is 2.34. The Morgan fingerprint density at radius 3 is 2.61 bits per heavy atom. The monoisotopic (exact) mass is 482 g/mol. The van der Waals surface area contributed by atoms with Crippen LogP contribution in [0.15, 0.2) is 30.3 Å². The standard InChI is InChI=1S/C22H23ClF3N5O2/c1-14-3-5-15(6-4-14)16-13-17(22(24,25)26)31-20(28-16)18(23)19(29-31)21(32)27-7-2-8-30-9-11-33-12-10-30/h3-6,13H,2,7-12H2,1H3,(H,27,32)/p+1. The molecule has 1 aliphatic heterocycles. The third kappa shape index (κ3) is 5.29. The molecule has 1 saturated heterocycles. The summed E-state index contributed by atoms with van der Waals surface area (Å²) in [5.74, 6) is -0.632. The molecule has 1 aromatic carbocycles. The van der Waals surface area contributed by atoms with Crippen molar-refractivity contribution in [1.29, 1.82) is 0 Å². The molecule has 33 heavy (non-hydrogen) atoms. The number of quaternary nitrogens is 1. The number of ether oxygens (including phenoxy) is 1. The second-order valence-electron chi connectivity index (χ2n) is 8.01. The topological polar surface area (TPSA) is 73.0 Å². The number of rotatable bonds is 6. The molecule has 0 bridgehead atoms. The van der Waals surface area contributed by atoms with Gasteiger partial charge in [-0.25, -0.2) is 9.50 Å². The van der Waals surface area contributed by atoms with Crippen molar-refractivity contribution < 1.29 is 27.6 Å². The van der Waals surface area contributed by atoms with E-state index in [1.54, 1.807) is 24.3 Å². The number of halogens is 4. The summed E-state index contributed by atoms with van der Waals surface area (Å²) >= 11 is 6.30. The van der Waals surface area contributed by atoms with Crippen LogP contribution in [0.25, 0.3) is 16.9 Å². The molecule has 3 heterocycles. The summed E-state index contributed by atoms with van der Waals surface area (Å²) in [5, 5.41) is 6.35. The minimum atomic E-state index is -4.72. The number of carbonyl (C=O) groups excluding carboxylic acids is 1. The first kappa shape index (κ1) is 23.5. The number of nitrogens with one attached hydrogen (secondary N) is 2. The number of amides is 1. The van der Waals surface area contributed by atoms with Gasteiger partial charge in [0.05, 0.1) is 25.5 Å². The number of hydrogen-bond acceptors (Lipinski definition) is 4. The molecule has 0 saturated carbocycles. The number of hydrogen-bond donors (Lipinski definition) is 2. The Morgan fingerprint density at radius 2 is 1.94 bits per heavy atom. The van der Waals surface area contributed by atoms with Crippen molar-refractivity contribution in [2.75, 3.05) is 39.4 Å². The zero-order chi connectivity index (χ0) is 23.6. The van der Waals surface area contributed by atoms with Crippen molar-refractivity contribution in [2.24, 2.45) is 0 Å². The molecule has 0 unspecified atom stereocenters. The summed E-state index contributed by atoms with van der Waals surface area (Å²) in [5.41, 5.74) is 0.00588. The van der Waals surface area contributed by atoms with Crippen LogP contribution in [0, 0.1) is 6.92 Å². The van der Waals surface area contributed by atoms with Crippen molar-refractivity contribution >= 4 is 23.2 Å². The van der Waals surface area contributed by atoms with Crippen LogP contribution in [-0.2, 0) is 10.9 Å². The maximum Gasteiger partial charge on any atom is 0.433 e. The molecular weight excluding hydrogens is 459 g/mol. The Bertz CT molecular complexity index is 1140. The van der Waals surface area contributed by atoms with E-state index in [0.717, 1.165) is 50.9 Å². The van der Waals surface area contributed by atoms with E-state index >= 15 is 0 Å². The van der Waals surface area contributed by atoms with Crippen molar-refractivity contribution in [1.82, 2.24) is 19.9 Å². The van der Waals surface area contributed by atoms with E-state index in [4.69, 9.17) is 16.3 Å². The highest BCUT2D eigenvalue weighted by atomic mass is 35.5. The van der Waals surface area contributed by atoms with E-state index in [1.807, 2.05) is 6.92 Å². The number of carbonyl (C=O) groups is 1. The van der Waals surface area contributed by atoms with Gasteiger partial charge in [-0.2, -0.15) is 18.3 Å². The molecule has 1 aliphatic rings. The van der Waals surface area contributed by atoms with Gasteiger partial charge in [0.25, 0.3) is 5.91 Å². The highest BCUT2D eigenvalue weighted by molar-refractivity contribution is 6.36. The molecule has 7 nitrogen and oxygen atoms in total. The molecule has 1 fully saturated rings. The SMILES string of the molecule is Cc1ccc(-c2cc(C(F)(F)F)n3nc(C(=O)NCCC[NH+]4CCOCC4)c(Cl)c3n2)cc1. The van der Waals surface area contributed by atoms with Crippen LogP contribution >= 0.6 is 11.6 Å². The Balaban J connectivity index is 1.58. The number of aromatic nitrogens is 3. The van der Waals surface area contributed by atoms with Crippen LogP contribution in [0.1, 0.15) is 28.2 Å². The molecular formula is C22H24ClF3N5O2+. The van der Waals surface area contributed by atoms with Crippen LogP contribution in [0.3, 0.4) is 0 Å². The maximum atomic E-state index is 13.8. The van der Waals surface area contributed by atoms with Crippen molar-refractivity contribution in [2.45, 2.75) is 19.5 Å². The second-order valence-corrected chi connectivity index (χ2v) is 8.39. The van der Waals surface area contributed by atoms with E-state index < -0.39 is 17.8 Å². The van der Waals surface area contributed by atoms with Gasteiger partial charge in [-0.1, -0.05) is 41.4 Å². The fourth-order valence-corrected chi connectivity index (χ4v) is 3.99. The summed E-state index contributed by atoms with van der Waals surface area (Å²) in [6.45, 7) is 6.38. The largest absolute Gasteiger partial charge is 0.433 e. The lowest BCUT2D eigenvalue weighted by Gasteiger charge is -2.23. The van der Waals surface area contributed by atoms with Crippen molar-refractivity contribution in [3.63, 3.8) is 0 Å². The summed E-state index contributed by atoms with van der Waals surface area (Å²) in [7, 11) is 0. The van der Waals surface area contributed by atoms with Crippen LogP contribution in [0.2, 0.25) is 5.02 Å². The molecule has 4 rings (SSSR count). The van der Waals surface area contributed by atoms with Gasteiger partial charge in [0, 0.05) is 18.5 Å². The Labute approximate surface area is 193 Å². The lowest BCUT2D eigenvalue weighted by molar-refractivity contribution is -0.908. The Hall–Kier alpha value is -2.69. The van der Waals surface area contributed by atoms with Crippen LogP contribution < -0.4 is 10.2 Å². The van der Waals surface area contributed by atoms with Crippen LogP contribution in [-0.4, -0.2) is 59.9 Å². The summed E-state index contributed by atoms with van der Waals surface area (Å²) < 4.78 is 47.3. The lowest BCUT2D eigenvalue weighted by Crippen LogP contribution is -3.14. The zero-order valence-electron chi connectivity index (χ0n) is 18.0. The first-order valence-corrected chi connectivity index (χ1v) is 11.0. The molecule has 176 valence electrons. The number of morpholine rings is 1. The summed E-state index contributed by atoms with van der Waals surface area (Å²) in [4.78, 5) is 18.3. The fourth-order valence-electron chi connectivity index (χ4n) is 3.74. The molecule has 3 aromatic rings. The van der Waals surface area contributed by atoms with Gasteiger partial charge in [-0.05, 0) is 13.0 Å². The van der Waals surface area contributed by atoms with Gasteiger partial charge in [-0.3, -0.25) is 4.79 Å². The van der Waals surface area contributed by atoms with E-state index in [-0.39, 0.29) is 22.1 Å². The second kappa shape index (κ2) is 9.66. The van der Waals surface area contributed by atoms with E-state index in [0.29, 0.717) is 16.6 Å². The van der Waals surface area contributed by atoms with Crippen LogP contribution in [0.5, 0.6) is 0 Å². The van der Waals surface area contributed by atoms with Gasteiger partial charge in [0.15, 0.2) is 17.0 Å². The highest BCUT2D eigenvalue weighted by Gasteiger charge is 2.36. The minimum absolute atomic E-state index is 0.0945. The van der Waals surface area contributed by atoms with E-state index in [1.165, 1.54) is 4.90 Å². The molecule has 2 aromatic heterocycles. The number of benzene rings is 1. The third-order valence-electron chi connectivity index (χ3n) is 5.58. The van der Waals surface area contributed by atoms with Crippen molar-refractivity contribution in [3.8, 4) is 11.3 Å². The summed E-state index contributed by atoms with van der Waals surface area (Å²) in [6, 6.07) is 7.84. The molecule has 1 amide bonds. The molecule has 0 radical (unpaired) electrons. The smallest absolute Gasteiger partial charge is 0.370 e. The third-order valence-corrected chi connectivity index (χ3v) is 5.93. The van der Waals surface area contributed by atoms with Crippen molar-refractivity contribution in [3.05, 3.63) is 52.3 Å². The van der Waals surface area contributed by atoms with E-state index in [2.05, 4.69) is 15.4 Å². The number of alkyl halides is 3. The molecule has 11 heteroatoms.